The normalized spacial score (nSPS) is 20.6. The van der Waals surface area contributed by atoms with E-state index < -0.39 is 21.8 Å². The summed E-state index contributed by atoms with van der Waals surface area (Å²) in [6.45, 7) is 4.21. The summed E-state index contributed by atoms with van der Waals surface area (Å²) in [6, 6.07) is 5.65. The van der Waals surface area contributed by atoms with Crippen molar-refractivity contribution in [1.82, 2.24) is 9.29 Å². The monoisotopic (exact) mass is 424 g/mol. The van der Waals surface area contributed by atoms with Crippen molar-refractivity contribution in [2.45, 2.75) is 31.0 Å². The van der Waals surface area contributed by atoms with Crippen LogP contribution in [0.15, 0.2) is 35.4 Å². The van der Waals surface area contributed by atoms with Crippen molar-refractivity contribution in [2.24, 2.45) is 5.73 Å². The number of morpholine rings is 1. The molecular weight excluding hydrogens is 404 g/mol. The molecule has 3 rings (SSSR count). The lowest BCUT2D eigenvalue weighted by molar-refractivity contribution is -0.0440. The number of carbonyl (C=O) groups excluding carboxylic acids is 2. The first kappa shape index (κ1) is 20.4. The average Bonchev–Trinajstić information content (AvgIpc) is 3.10. The van der Waals surface area contributed by atoms with Crippen molar-refractivity contribution in [3.8, 4) is 0 Å². The molecule has 28 heavy (non-hydrogen) atoms. The van der Waals surface area contributed by atoms with Gasteiger partial charge < -0.3 is 10.5 Å². The van der Waals surface area contributed by atoms with Crippen molar-refractivity contribution >= 4 is 38.3 Å². The molecule has 1 aliphatic heterocycles. The summed E-state index contributed by atoms with van der Waals surface area (Å²) < 4.78 is 32.6. The minimum absolute atomic E-state index is 0.107. The van der Waals surface area contributed by atoms with E-state index in [9.17, 15) is 18.0 Å². The molecule has 11 heteroatoms. The molecule has 2 atom stereocenters. The summed E-state index contributed by atoms with van der Waals surface area (Å²) in [6.07, 6.45) is 0.905. The summed E-state index contributed by atoms with van der Waals surface area (Å²) in [7, 11) is -3.68. The summed E-state index contributed by atoms with van der Waals surface area (Å²) in [4.78, 5) is 27.6. The number of amides is 2. The van der Waals surface area contributed by atoms with E-state index in [2.05, 4.69) is 10.3 Å². The van der Waals surface area contributed by atoms with Crippen LogP contribution in [0, 0.1) is 0 Å². The third kappa shape index (κ3) is 4.38. The van der Waals surface area contributed by atoms with Crippen LogP contribution < -0.4 is 11.1 Å². The summed E-state index contributed by atoms with van der Waals surface area (Å²) in [5.74, 6) is -1.10. The predicted molar refractivity (Wildman–Crippen MR) is 104 cm³/mol. The largest absolute Gasteiger partial charge is 0.373 e. The topological polar surface area (TPSA) is 132 Å². The Morgan fingerprint density at radius 1 is 1.21 bits per heavy atom. The number of aromatic nitrogens is 1. The summed E-state index contributed by atoms with van der Waals surface area (Å²) >= 11 is 0.959. The molecular formula is C17H20N4O5S2. The smallest absolute Gasteiger partial charge is 0.260 e. The molecule has 0 radical (unpaired) electrons. The lowest BCUT2D eigenvalue weighted by Gasteiger charge is -2.34. The number of rotatable bonds is 5. The van der Waals surface area contributed by atoms with E-state index in [1.165, 1.54) is 34.8 Å². The van der Waals surface area contributed by atoms with Crippen LogP contribution in [-0.4, -0.2) is 54.8 Å². The van der Waals surface area contributed by atoms with Gasteiger partial charge >= 0.3 is 0 Å². The van der Waals surface area contributed by atoms with Crippen LogP contribution in [0.3, 0.4) is 0 Å². The molecule has 1 aliphatic rings. The lowest BCUT2D eigenvalue weighted by atomic mass is 10.2. The number of primary amides is 1. The second-order valence-electron chi connectivity index (χ2n) is 6.45. The molecule has 0 spiro atoms. The molecule has 9 nitrogen and oxygen atoms in total. The Morgan fingerprint density at radius 3 is 2.36 bits per heavy atom. The van der Waals surface area contributed by atoms with Gasteiger partial charge in [-0.1, -0.05) is 11.3 Å². The standard InChI is InChI=1S/C17H20N4O5S2/c1-10-8-21(9-11(2)26-10)28(24,25)13-5-3-12(4-6-13)16(23)20-17-19-7-14(27-17)15(18)22/h3-7,10-11H,8-9H2,1-2H3,(H2,18,22)(H,19,20,23)/t10-,11+. The van der Waals surface area contributed by atoms with E-state index in [-0.39, 0.29) is 45.8 Å². The van der Waals surface area contributed by atoms with Crippen molar-refractivity contribution in [2.75, 3.05) is 18.4 Å². The lowest BCUT2D eigenvalue weighted by Crippen LogP contribution is -2.48. The van der Waals surface area contributed by atoms with Gasteiger partial charge in [-0.15, -0.1) is 0 Å². The average molecular weight is 425 g/mol. The van der Waals surface area contributed by atoms with Gasteiger partial charge in [0.2, 0.25) is 10.0 Å². The number of nitrogens with zero attached hydrogens (tertiary/aromatic N) is 2. The Labute approximate surface area is 166 Å². The first-order valence-corrected chi connectivity index (χ1v) is 10.7. The molecule has 2 aromatic rings. The maximum Gasteiger partial charge on any atom is 0.260 e. The van der Waals surface area contributed by atoms with Gasteiger partial charge in [0.05, 0.1) is 23.3 Å². The number of benzene rings is 1. The second kappa shape index (κ2) is 7.95. The number of carbonyl (C=O) groups is 2. The van der Waals surface area contributed by atoms with E-state index in [4.69, 9.17) is 10.5 Å². The number of nitrogens with one attached hydrogen (secondary N) is 1. The quantitative estimate of drug-likeness (QED) is 0.743. The molecule has 0 unspecified atom stereocenters. The molecule has 1 aromatic carbocycles. The summed E-state index contributed by atoms with van der Waals surface area (Å²) in [5.41, 5.74) is 5.42. The van der Waals surface area contributed by atoms with Crippen LogP contribution in [0.2, 0.25) is 0 Å². The van der Waals surface area contributed by atoms with Crippen LogP contribution in [0.25, 0.3) is 0 Å². The van der Waals surface area contributed by atoms with Gasteiger partial charge in [0.15, 0.2) is 5.13 Å². The Morgan fingerprint density at radius 2 is 1.82 bits per heavy atom. The van der Waals surface area contributed by atoms with Crippen molar-refractivity contribution < 1.29 is 22.7 Å². The van der Waals surface area contributed by atoms with Crippen LogP contribution in [0.5, 0.6) is 0 Å². The molecule has 1 aromatic heterocycles. The van der Waals surface area contributed by atoms with E-state index in [0.29, 0.717) is 0 Å². The number of sulfonamides is 1. The fraction of sp³-hybridized carbons (Fsp3) is 0.353. The number of nitrogens with two attached hydrogens (primary N) is 1. The van der Waals surface area contributed by atoms with Gasteiger partial charge in [0.1, 0.15) is 4.88 Å². The zero-order valence-electron chi connectivity index (χ0n) is 15.3. The first-order chi connectivity index (χ1) is 13.2. The highest BCUT2D eigenvalue weighted by atomic mass is 32.2. The Kier molecular flexibility index (Phi) is 5.79. The maximum absolute atomic E-state index is 12.8. The molecule has 0 saturated carbocycles. The maximum atomic E-state index is 12.8. The molecule has 0 aliphatic carbocycles. The van der Waals surface area contributed by atoms with Crippen LogP contribution in [-0.2, 0) is 14.8 Å². The third-order valence-electron chi connectivity index (χ3n) is 4.11. The Hall–Kier alpha value is -2.34. The van der Waals surface area contributed by atoms with Crippen LogP contribution in [0.4, 0.5) is 5.13 Å². The molecule has 0 bridgehead atoms. The minimum Gasteiger partial charge on any atom is -0.373 e. The van der Waals surface area contributed by atoms with E-state index in [1.54, 1.807) is 0 Å². The van der Waals surface area contributed by atoms with Gasteiger partial charge in [-0.2, -0.15) is 4.31 Å². The number of anilines is 1. The molecule has 150 valence electrons. The van der Waals surface area contributed by atoms with Gasteiger partial charge in [-0.05, 0) is 38.1 Å². The Bertz CT molecular complexity index is 977. The molecule has 2 amide bonds. The minimum atomic E-state index is -3.68. The van der Waals surface area contributed by atoms with Crippen molar-refractivity contribution in [3.05, 3.63) is 40.9 Å². The molecule has 1 saturated heterocycles. The highest BCUT2D eigenvalue weighted by Gasteiger charge is 2.32. The van der Waals surface area contributed by atoms with Crippen LogP contribution in [0.1, 0.15) is 33.9 Å². The molecule has 2 heterocycles. The molecule has 3 N–H and O–H groups in total. The third-order valence-corrected chi connectivity index (χ3v) is 6.88. The predicted octanol–water partition coefficient (Wildman–Crippen LogP) is 1.29. The SMILES string of the molecule is C[C@@H]1CN(S(=O)(=O)c2ccc(C(=O)Nc3ncc(C(N)=O)s3)cc2)C[C@H](C)O1. The fourth-order valence-corrected chi connectivity index (χ4v) is 5.12. The zero-order chi connectivity index (χ0) is 20.5. The zero-order valence-corrected chi connectivity index (χ0v) is 16.9. The number of hydrogen-bond donors (Lipinski definition) is 2. The van der Waals surface area contributed by atoms with E-state index in [0.717, 1.165) is 11.3 Å². The number of ether oxygens (including phenoxy) is 1. The van der Waals surface area contributed by atoms with Gasteiger partial charge in [0, 0.05) is 18.7 Å². The second-order valence-corrected chi connectivity index (χ2v) is 9.42. The highest BCUT2D eigenvalue weighted by molar-refractivity contribution is 7.89. The van der Waals surface area contributed by atoms with Gasteiger partial charge in [0.25, 0.3) is 11.8 Å². The van der Waals surface area contributed by atoms with E-state index in [1.807, 2.05) is 13.8 Å². The number of hydrogen-bond acceptors (Lipinski definition) is 7. The van der Waals surface area contributed by atoms with Crippen molar-refractivity contribution in [3.63, 3.8) is 0 Å². The van der Waals surface area contributed by atoms with Crippen LogP contribution >= 0.6 is 11.3 Å². The first-order valence-electron chi connectivity index (χ1n) is 8.49. The van der Waals surface area contributed by atoms with Gasteiger partial charge in [-0.3, -0.25) is 14.9 Å². The van der Waals surface area contributed by atoms with Crippen molar-refractivity contribution in [1.29, 1.82) is 0 Å². The summed E-state index contributed by atoms with van der Waals surface area (Å²) in [5, 5.41) is 2.78. The molecule has 1 fully saturated rings. The van der Waals surface area contributed by atoms with E-state index >= 15 is 0 Å². The Balaban J connectivity index is 1.73. The highest BCUT2D eigenvalue weighted by Crippen LogP contribution is 2.22. The fourth-order valence-electron chi connectivity index (χ4n) is 2.87. The van der Waals surface area contributed by atoms with Gasteiger partial charge in [-0.25, -0.2) is 13.4 Å². The number of thiazole rings is 1.